The molecule has 0 amide bonds. The molecule has 0 radical (unpaired) electrons. The van der Waals surface area contributed by atoms with Crippen LogP contribution in [0.1, 0.15) is 28.3 Å². The number of likely N-dealkylation sites (N-methyl/N-ethyl adjacent to an activating group) is 1. The quantitative estimate of drug-likeness (QED) is 0.887. The van der Waals surface area contributed by atoms with Gasteiger partial charge in [-0.25, -0.2) is 0 Å². The summed E-state index contributed by atoms with van der Waals surface area (Å²) in [6, 6.07) is 14.9. The van der Waals surface area contributed by atoms with Crippen molar-refractivity contribution in [2.45, 2.75) is 26.8 Å². The van der Waals surface area contributed by atoms with Crippen molar-refractivity contribution in [1.82, 2.24) is 5.32 Å². The molecule has 0 spiro atoms. The normalized spacial score (nSPS) is 12.2. The van der Waals surface area contributed by atoms with E-state index in [4.69, 9.17) is 4.74 Å². The molecule has 0 aromatic heterocycles. The highest BCUT2D eigenvalue weighted by molar-refractivity contribution is 5.32. The summed E-state index contributed by atoms with van der Waals surface area (Å²) >= 11 is 0. The van der Waals surface area contributed by atoms with Crippen molar-refractivity contribution >= 4 is 0 Å². The highest BCUT2D eigenvalue weighted by Crippen LogP contribution is 2.19. The molecular weight excluding hydrogens is 246 g/mol. The number of rotatable bonds is 5. The van der Waals surface area contributed by atoms with Crippen LogP contribution in [-0.4, -0.2) is 13.7 Å². The van der Waals surface area contributed by atoms with Gasteiger partial charge in [-0.3, -0.25) is 0 Å². The Hall–Kier alpha value is -1.80. The Morgan fingerprint density at radius 1 is 1.00 bits per heavy atom. The second-order valence-electron chi connectivity index (χ2n) is 5.31. The molecule has 2 aromatic rings. The Morgan fingerprint density at radius 3 is 2.45 bits per heavy atom. The largest absolute Gasteiger partial charge is 0.492 e. The first-order valence-corrected chi connectivity index (χ1v) is 7.04. The molecule has 0 bridgehead atoms. The van der Waals surface area contributed by atoms with Crippen molar-refractivity contribution in [1.29, 1.82) is 0 Å². The maximum atomic E-state index is 5.90. The van der Waals surface area contributed by atoms with Gasteiger partial charge in [0.15, 0.2) is 0 Å². The predicted octanol–water partition coefficient (Wildman–Crippen LogP) is 3.95. The first-order valence-electron chi connectivity index (χ1n) is 7.04. The molecule has 2 nitrogen and oxygen atoms in total. The van der Waals surface area contributed by atoms with Crippen LogP contribution in [0.3, 0.4) is 0 Å². The summed E-state index contributed by atoms with van der Waals surface area (Å²) in [5.74, 6) is 0.925. The Labute approximate surface area is 121 Å². The number of ether oxygens (including phenoxy) is 1. The zero-order chi connectivity index (χ0) is 14.5. The zero-order valence-electron chi connectivity index (χ0n) is 12.7. The standard InChI is InChI=1S/C18H23NO/c1-13-6-5-7-17(10-13)20-12-18(19-4)16-9-8-14(2)15(3)11-16/h5-11,18-19H,12H2,1-4H3. The summed E-state index contributed by atoms with van der Waals surface area (Å²) in [5, 5.41) is 3.32. The lowest BCUT2D eigenvalue weighted by atomic mass is 10.0. The van der Waals surface area contributed by atoms with Crippen LogP contribution >= 0.6 is 0 Å². The number of aryl methyl sites for hydroxylation is 3. The number of benzene rings is 2. The molecule has 2 heteroatoms. The molecule has 20 heavy (non-hydrogen) atoms. The van der Waals surface area contributed by atoms with Crippen molar-refractivity contribution < 1.29 is 4.74 Å². The van der Waals surface area contributed by atoms with Crippen LogP contribution in [0.5, 0.6) is 5.75 Å². The molecule has 1 atom stereocenters. The molecule has 0 saturated heterocycles. The van der Waals surface area contributed by atoms with Gasteiger partial charge in [0, 0.05) is 0 Å². The average molecular weight is 269 g/mol. The molecule has 1 N–H and O–H groups in total. The summed E-state index contributed by atoms with van der Waals surface area (Å²) in [7, 11) is 1.97. The first-order chi connectivity index (χ1) is 9.60. The Balaban J connectivity index is 2.07. The zero-order valence-corrected chi connectivity index (χ0v) is 12.7. The smallest absolute Gasteiger partial charge is 0.119 e. The van der Waals surface area contributed by atoms with Crippen molar-refractivity contribution in [3.8, 4) is 5.75 Å². The molecular formula is C18H23NO. The molecule has 2 aromatic carbocycles. The molecule has 0 aliphatic heterocycles. The van der Waals surface area contributed by atoms with Gasteiger partial charge in [0.1, 0.15) is 12.4 Å². The van der Waals surface area contributed by atoms with Gasteiger partial charge in [-0.15, -0.1) is 0 Å². The number of hydrogen-bond acceptors (Lipinski definition) is 2. The van der Waals surface area contributed by atoms with Gasteiger partial charge in [-0.2, -0.15) is 0 Å². The first kappa shape index (κ1) is 14.6. The Kier molecular flexibility index (Phi) is 4.80. The molecule has 0 heterocycles. The van der Waals surface area contributed by atoms with E-state index in [0.29, 0.717) is 6.61 Å². The number of nitrogens with one attached hydrogen (secondary N) is 1. The SMILES string of the molecule is CNC(COc1cccc(C)c1)c1ccc(C)c(C)c1. The molecule has 0 aliphatic rings. The van der Waals surface area contributed by atoms with E-state index in [9.17, 15) is 0 Å². The van der Waals surface area contributed by atoms with E-state index in [1.807, 2.05) is 19.2 Å². The van der Waals surface area contributed by atoms with Gasteiger partial charge >= 0.3 is 0 Å². The lowest BCUT2D eigenvalue weighted by molar-refractivity contribution is 0.273. The monoisotopic (exact) mass is 269 g/mol. The fraction of sp³-hybridized carbons (Fsp3) is 0.333. The van der Waals surface area contributed by atoms with Crippen molar-refractivity contribution in [3.05, 3.63) is 64.7 Å². The van der Waals surface area contributed by atoms with Gasteiger partial charge in [0.05, 0.1) is 6.04 Å². The maximum absolute atomic E-state index is 5.90. The third-order valence-electron chi connectivity index (χ3n) is 3.69. The molecule has 1 unspecified atom stereocenters. The van der Waals surface area contributed by atoms with Crippen LogP contribution in [0.4, 0.5) is 0 Å². The van der Waals surface area contributed by atoms with Crippen LogP contribution in [0.25, 0.3) is 0 Å². The molecule has 0 aliphatic carbocycles. The van der Waals surface area contributed by atoms with Crippen molar-refractivity contribution in [2.75, 3.05) is 13.7 Å². The van der Waals surface area contributed by atoms with Gasteiger partial charge < -0.3 is 10.1 Å². The average Bonchev–Trinajstić information content (AvgIpc) is 2.43. The maximum Gasteiger partial charge on any atom is 0.119 e. The fourth-order valence-corrected chi connectivity index (χ4v) is 2.21. The van der Waals surface area contributed by atoms with E-state index >= 15 is 0 Å². The van der Waals surface area contributed by atoms with E-state index in [-0.39, 0.29) is 6.04 Å². The number of hydrogen-bond donors (Lipinski definition) is 1. The fourth-order valence-electron chi connectivity index (χ4n) is 2.21. The summed E-state index contributed by atoms with van der Waals surface area (Å²) in [4.78, 5) is 0. The molecule has 0 saturated carbocycles. The van der Waals surface area contributed by atoms with Crippen LogP contribution < -0.4 is 10.1 Å². The summed E-state index contributed by atoms with van der Waals surface area (Å²) < 4.78 is 5.90. The predicted molar refractivity (Wildman–Crippen MR) is 84.4 cm³/mol. The van der Waals surface area contributed by atoms with E-state index in [0.717, 1.165) is 5.75 Å². The highest BCUT2D eigenvalue weighted by Gasteiger charge is 2.11. The van der Waals surface area contributed by atoms with E-state index in [1.54, 1.807) is 0 Å². The minimum atomic E-state index is 0.204. The van der Waals surface area contributed by atoms with E-state index in [1.165, 1.54) is 22.3 Å². The Morgan fingerprint density at radius 2 is 1.80 bits per heavy atom. The highest BCUT2D eigenvalue weighted by atomic mass is 16.5. The second-order valence-corrected chi connectivity index (χ2v) is 5.31. The lowest BCUT2D eigenvalue weighted by Crippen LogP contribution is -2.23. The third-order valence-corrected chi connectivity index (χ3v) is 3.69. The molecule has 2 rings (SSSR count). The van der Waals surface area contributed by atoms with Gasteiger partial charge in [-0.1, -0.05) is 30.3 Å². The van der Waals surface area contributed by atoms with Crippen LogP contribution in [0, 0.1) is 20.8 Å². The van der Waals surface area contributed by atoms with Crippen LogP contribution in [-0.2, 0) is 0 Å². The Bertz CT molecular complexity index is 577. The van der Waals surface area contributed by atoms with Gasteiger partial charge in [0.25, 0.3) is 0 Å². The molecule has 0 fully saturated rings. The summed E-state index contributed by atoms with van der Waals surface area (Å²) in [6.07, 6.45) is 0. The van der Waals surface area contributed by atoms with Gasteiger partial charge in [-0.05, 0) is 62.2 Å². The van der Waals surface area contributed by atoms with Crippen LogP contribution in [0.15, 0.2) is 42.5 Å². The van der Waals surface area contributed by atoms with Crippen molar-refractivity contribution in [2.24, 2.45) is 0 Å². The third kappa shape index (κ3) is 3.61. The van der Waals surface area contributed by atoms with E-state index < -0.39 is 0 Å². The minimum absolute atomic E-state index is 0.204. The second kappa shape index (κ2) is 6.58. The topological polar surface area (TPSA) is 21.3 Å². The van der Waals surface area contributed by atoms with Crippen molar-refractivity contribution in [3.63, 3.8) is 0 Å². The summed E-state index contributed by atoms with van der Waals surface area (Å²) in [5.41, 5.74) is 5.12. The van der Waals surface area contributed by atoms with Crippen LogP contribution in [0.2, 0.25) is 0 Å². The molecule has 106 valence electrons. The van der Waals surface area contributed by atoms with E-state index in [2.05, 4.69) is 56.4 Å². The summed E-state index contributed by atoms with van der Waals surface area (Å²) in [6.45, 7) is 6.98. The van der Waals surface area contributed by atoms with Gasteiger partial charge in [0.2, 0.25) is 0 Å². The minimum Gasteiger partial charge on any atom is -0.492 e. The lowest BCUT2D eigenvalue weighted by Gasteiger charge is -2.18.